The first-order chi connectivity index (χ1) is 8.74. The minimum absolute atomic E-state index is 0.276. The van der Waals surface area contributed by atoms with Crippen LogP contribution >= 0.6 is 0 Å². The summed E-state index contributed by atoms with van der Waals surface area (Å²) in [4.78, 5) is 0. The van der Waals surface area contributed by atoms with Crippen LogP contribution in [0.4, 0.5) is 4.39 Å². The minimum Gasteiger partial charge on any atom is -0.489 e. The van der Waals surface area contributed by atoms with Crippen molar-refractivity contribution in [1.29, 1.82) is 5.41 Å². The smallest absolute Gasteiger partial charge is 0.126 e. The Morgan fingerprint density at radius 1 is 1.11 bits per heavy atom. The number of ether oxygens (including phenoxy) is 1. The maximum absolute atomic E-state index is 12.9. The van der Waals surface area contributed by atoms with Crippen LogP contribution in [0.2, 0.25) is 0 Å². The van der Waals surface area contributed by atoms with E-state index in [1.807, 2.05) is 25.1 Å². The highest BCUT2D eigenvalue weighted by Gasteiger charge is 1.97. The summed E-state index contributed by atoms with van der Waals surface area (Å²) in [6.07, 6.45) is 0. The molecule has 0 heterocycles. The summed E-state index contributed by atoms with van der Waals surface area (Å²) in [6, 6.07) is 14.2. The van der Waals surface area contributed by atoms with E-state index in [9.17, 15) is 4.39 Å². The molecule has 0 amide bonds. The number of hydrogen-bond acceptors (Lipinski definition) is 2. The van der Waals surface area contributed by atoms with Gasteiger partial charge in [-0.15, -0.1) is 0 Å². The van der Waals surface area contributed by atoms with E-state index < -0.39 is 0 Å². The lowest BCUT2D eigenvalue weighted by Gasteiger charge is -2.06. The van der Waals surface area contributed by atoms with E-state index in [1.165, 1.54) is 17.7 Å². The van der Waals surface area contributed by atoms with Gasteiger partial charge < -0.3 is 10.1 Å². The van der Waals surface area contributed by atoms with Crippen LogP contribution in [-0.4, -0.2) is 6.72 Å². The molecule has 2 nitrogen and oxygen atoms in total. The van der Waals surface area contributed by atoms with Gasteiger partial charge in [-0.05, 0) is 31.3 Å². The van der Waals surface area contributed by atoms with Crippen LogP contribution < -0.4 is 4.74 Å². The summed E-state index contributed by atoms with van der Waals surface area (Å²) in [5, 5.41) is 5.50. The Labute approximate surface area is 107 Å². The molecular weight excluding hydrogens is 229 g/mol. The molecule has 0 saturated heterocycles. The predicted octanol–water partition coefficient (Wildman–Crippen LogP) is 3.98. The molecule has 3 heteroatoms. The number of rotatable bonds is 3. The average molecular weight is 245 g/mol. The van der Waals surface area contributed by atoms with Gasteiger partial charge in [0.1, 0.15) is 18.2 Å². The summed E-state index contributed by atoms with van der Waals surface area (Å²) in [6.45, 7) is 5.00. The summed E-state index contributed by atoms with van der Waals surface area (Å²) in [7, 11) is 0. The third kappa shape index (κ3) is 4.37. The zero-order chi connectivity index (χ0) is 13.4. The lowest BCUT2D eigenvalue weighted by molar-refractivity contribution is 0.304. The van der Waals surface area contributed by atoms with Crippen molar-refractivity contribution in [3.8, 4) is 5.75 Å². The monoisotopic (exact) mass is 245 g/mol. The molecule has 0 aromatic heterocycles. The first-order valence-corrected chi connectivity index (χ1v) is 5.53. The zero-order valence-corrected chi connectivity index (χ0v) is 10.3. The quantitative estimate of drug-likeness (QED) is 0.815. The van der Waals surface area contributed by atoms with Gasteiger partial charge in [0.15, 0.2) is 0 Å². The third-order valence-corrected chi connectivity index (χ3v) is 2.28. The van der Waals surface area contributed by atoms with E-state index in [0.717, 1.165) is 5.56 Å². The maximum atomic E-state index is 12.9. The standard InChI is InChI=1S/C14H13FO.CH3N/c1-11-4-2-5-12(8-11)10-16-14-7-3-6-13(15)9-14;1-2/h2-9H,10H2,1H3;2H,1H2. The van der Waals surface area contributed by atoms with Crippen molar-refractivity contribution in [3.05, 3.63) is 65.5 Å². The van der Waals surface area contributed by atoms with E-state index in [0.29, 0.717) is 12.4 Å². The van der Waals surface area contributed by atoms with E-state index in [4.69, 9.17) is 10.1 Å². The van der Waals surface area contributed by atoms with Crippen LogP contribution in [0.3, 0.4) is 0 Å². The first kappa shape index (κ1) is 13.9. The number of hydrogen-bond donors (Lipinski definition) is 1. The van der Waals surface area contributed by atoms with Crippen LogP contribution in [0.1, 0.15) is 11.1 Å². The van der Waals surface area contributed by atoms with Crippen molar-refractivity contribution in [2.75, 3.05) is 0 Å². The van der Waals surface area contributed by atoms with Crippen molar-refractivity contribution < 1.29 is 9.13 Å². The minimum atomic E-state index is -0.276. The fraction of sp³-hybridized carbons (Fsp3) is 0.133. The highest BCUT2D eigenvalue weighted by molar-refractivity contribution is 5.25. The topological polar surface area (TPSA) is 33.1 Å². The Balaban J connectivity index is 0.000000771. The molecule has 0 bridgehead atoms. The number of benzene rings is 2. The molecule has 0 fully saturated rings. The van der Waals surface area contributed by atoms with Crippen molar-refractivity contribution in [1.82, 2.24) is 0 Å². The molecule has 2 aromatic carbocycles. The lowest BCUT2D eigenvalue weighted by atomic mass is 10.1. The summed E-state index contributed by atoms with van der Waals surface area (Å²) >= 11 is 0. The molecule has 0 radical (unpaired) electrons. The fourth-order valence-corrected chi connectivity index (χ4v) is 1.53. The SMILES string of the molecule is C=N.Cc1cccc(COc2cccc(F)c2)c1. The van der Waals surface area contributed by atoms with Crippen LogP contribution in [0.5, 0.6) is 5.75 Å². The van der Waals surface area contributed by atoms with Crippen LogP contribution in [-0.2, 0) is 6.61 Å². The van der Waals surface area contributed by atoms with Crippen molar-refractivity contribution in [2.24, 2.45) is 0 Å². The zero-order valence-electron chi connectivity index (χ0n) is 10.3. The Hall–Kier alpha value is -2.16. The van der Waals surface area contributed by atoms with Crippen LogP contribution in [0.15, 0.2) is 48.5 Å². The molecule has 2 aromatic rings. The number of halogens is 1. The molecule has 0 aliphatic rings. The van der Waals surface area contributed by atoms with Gasteiger partial charge in [0.2, 0.25) is 0 Å². The second kappa shape index (κ2) is 7.22. The second-order valence-electron chi connectivity index (χ2n) is 3.74. The molecule has 2 rings (SSSR count). The Morgan fingerprint density at radius 3 is 2.50 bits per heavy atom. The van der Waals surface area contributed by atoms with Crippen LogP contribution in [0, 0.1) is 18.2 Å². The van der Waals surface area contributed by atoms with Gasteiger partial charge in [-0.3, -0.25) is 0 Å². The van der Waals surface area contributed by atoms with E-state index in [1.54, 1.807) is 12.1 Å². The maximum Gasteiger partial charge on any atom is 0.126 e. The summed E-state index contributed by atoms with van der Waals surface area (Å²) in [5.74, 6) is 0.281. The van der Waals surface area contributed by atoms with Gasteiger partial charge in [0, 0.05) is 6.07 Å². The molecule has 0 aliphatic heterocycles. The largest absolute Gasteiger partial charge is 0.489 e. The molecular formula is C15H16FNO. The molecule has 94 valence electrons. The average Bonchev–Trinajstić information content (AvgIpc) is 2.39. The molecule has 0 spiro atoms. The Kier molecular flexibility index (Phi) is 5.58. The van der Waals surface area contributed by atoms with Gasteiger partial charge >= 0.3 is 0 Å². The predicted molar refractivity (Wildman–Crippen MR) is 71.8 cm³/mol. The first-order valence-electron chi connectivity index (χ1n) is 5.53. The molecule has 0 unspecified atom stereocenters. The van der Waals surface area contributed by atoms with E-state index >= 15 is 0 Å². The van der Waals surface area contributed by atoms with Crippen LogP contribution in [0.25, 0.3) is 0 Å². The second-order valence-corrected chi connectivity index (χ2v) is 3.74. The van der Waals surface area contributed by atoms with Gasteiger partial charge in [-0.1, -0.05) is 35.9 Å². The molecule has 18 heavy (non-hydrogen) atoms. The Morgan fingerprint density at radius 2 is 1.83 bits per heavy atom. The summed E-state index contributed by atoms with van der Waals surface area (Å²) < 4.78 is 18.4. The number of aryl methyl sites for hydroxylation is 1. The third-order valence-electron chi connectivity index (χ3n) is 2.28. The molecule has 1 N–H and O–H groups in total. The van der Waals surface area contributed by atoms with Gasteiger partial charge in [0.05, 0.1) is 0 Å². The number of nitrogens with one attached hydrogen (secondary N) is 1. The fourth-order valence-electron chi connectivity index (χ4n) is 1.53. The van der Waals surface area contributed by atoms with Crippen molar-refractivity contribution in [2.45, 2.75) is 13.5 Å². The highest BCUT2D eigenvalue weighted by Crippen LogP contribution is 2.14. The van der Waals surface area contributed by atoms with Gasteiger partial charge in [0.25, 0.3) is 0 Å². The normalized spacial score (nSPS) is 9.22. The molecule has 0 atom stereocenters. The van der Waals surface area contributed by atoms with Crippen molar-refractivity contribution >= 4 is 6.72 Å². The molecule has 0 aliphatic carbocycles. The van der Waals surface area contributed by atoms with Gasteiger partial charge in [-0.25, -0.2) is 4.39 Å². The van der Waals surface area contributed by atoms with Gasteiger partial charge in [-0.2, -0.15) is 0 Å². The van der Waals surface area contributed by atoms with E-state index in [2.05, 4.69) is 12.8 Å². The highest BCUT2D eigenvalue weighted by atomic mass is 19.1. The Bertz CT molecular complexity index is 454. The van der Waals surface area contributed by atoms with E-state index in [-0.39, 0.29) is 5.82 Å². The lowest BCUT2D eigenvalue weighted by Crippen LogP contribution is -1.95. The molecule has 0 saturated carbocycles. The summed E-state index contributed by atoms with van der Waals surface area (Å²) in [5.41, 5.74) is 2.28. The van der Waals surface area contributed by atoms with Crippen molar-refractivity contribution in [3.63, 3.8) is 0 Å².